The molecule has 0 aliphatic rings. The number of fused-ring (bicyclic) bond motifs is 1. The van der Waals surface area contributed by atoms with E-state index < -0.39 is 5.91 Å². The fraction of sp³-hybridized carbons (Fsp3) is 0.0714. The first-order valence-electron chi connectivity index (χ1n) is 6.08. The van der Waals surface area contributed by atoms with E-state index in [1.54, 1.807) is 24.3 Å². The molecule has 21 heavy (non-hydrogen) atoms. The number of nitrogens with one attached hydrogen (secondary N) is 1. The summed E-state index contributed by atoms with van der Waals surface area (Å²) in [5, 5.41) is 12.9. The number of carbonyl (C=O) groups excluding carboxylic acids is 1. The van der Waals surface area contributed by atoms with E-state index in [-0.39, 0.29) is 11.3 Å². The molecule has 0 atom stereocenters. The second kappa shape index (κ2) is 5.31. The molecule has 1 amide bonds. The zero-order chi connectivity index (χ0) is 15.0. The van der Waals surface area contributed by atoms with Gasteiger partial charge in [0.25, 0.3) is 5.91 Å². The molecule has 3 rings (SSSR count). The number of rotatable bonds is 2. The van der Waals surface area contributed by atoms with Crippen molar-refractivity contribution in [3.8, 4) is 5.75 Å². The van der Waals surface area contributed by atoms with Gasteiger partial charge in [-0.3, -0.25) is 4.79 Å². The molecule has 0 saturated carbocycles. The van der Waals surface area contributed by atoms with Crippen LogP contribution in [0.25, 0.3) is 11.0 Å². The van der Waals surface area contributed by atoms with Crippen molar-refractivity contribution in [1.82, 2.24) is 8.75 Å². The maximum atomic E-state index is 12.3. The van der Waals surface area contributed by atoms with Gasteiger partial charge in [-0.05, 0) is 31.2 Å². The Bertz CT molecular complexity index is 847. The minimum absolute atomic E-state index is 0.0854. The van der Waals surface area contributed by atoms with E-state index in [9.17, 15) is 9.90 Å². The SMILES string of the molecule is Cc1ccc(O)c(C(=O)Nc2c(Cl)ccc3nsnc23)c1. The topological polar surface area (TPSA) is 75.1 Å². The number of anilines is 1. The average Bonchev–Trinajstić information content (AvgIpc) is 2.93. The van der Waals surface area contributed by atoms with Gasteiger partial charge < -0.3 is 10.4 Å². The zero-order valence-electron chi connectivity index (χ0n) is 10.9. The van der Waals surface area contributed by atoms with Crippen LogP contribution in [0.15, 0.2) is 30.3 Å². The van der Waals surface area contributed by atoms with Crippen LogP contribution >= 0.6 is 23.3 Å². The fourth-order valence-corrected chi connectivity index (χ4v) is 2.70. The molecule has 0 bridgehead atoms. The first-order chi connectivity index (χ1) is 10.1. The van der Waals surface area contributed by atoms with Gasteiger partial charge in [-0.15, -0.1) is 0 Å². The van der Waals surface area contributed by atoms with Crippen molar-refractivity contribution < 1.29 is 9.90 Å². The molecule has 0 aliphatic carbocycles. The van der Waals surface area contributed by atoms with Crippen LogP contribution in [0.4, 0.5) is 5.69 Å². The smallest absolute Gasteiger partial charge is 0.259 e. The molecule has 0 radical (unpaired) electrons. The third-order valence-corrected chi connectivity index (χ3v) is 3.87. The third-order valence-electron chi connectivity index (χ3n) is 3.01. The molecule has 0 fully saturated rings. The average molecular weight is 320 g/mol. The summed E-state index contributed by atoms with van der Waals surface area (Å²) in [6.07, 6.45) is 0. The molecule has 2 N–H and O–H groups in total. The van der Waals surface area contributed by atoms with Gasteiger partial charge in [-0.25, -0.2) is 0 Å². The molecule has 0 unspecified atom stereocenters. The van der Waals surface area contributed by atoms with E-state index in [1.807, 2.05) is 6.92 Å². The summed E-state index contributed by atoms with van der Waals surface area (Å²) >= 11 is 7.17. The Balaban J connectivity index is 2.02. The molecule has 0 aliphatic heterocycles. The highest BCUT2D eigenvalue weighted by molar-refractivity contribution is 7.00. The van der Waals surface area contributed by atoms with Gasteiger partial charge in [-0.1, -0.05) is 23.2 Å². The van der Waals surface area contributed by atoms with Gasteiger partial charge in [0.2, 0.25) is 0 Å². The number of amides is 1. The van der Waals surface area contributed by atoms with Crippen molar-refractivity contribution in [3.63, 3.8) is 0 Å². The first-order valence-corrected chi connectivity index (χ1v) is 7.19. The lowest BCUT2D eigenvalue weighted by Gasteiger charge is -2.09. The number of carbonyl (C=O) groups is 1. The largest absolute Gasteiger partial charge is 0.507 e. The van der Waals surface area contributed by atoms with Crippen LogP contribution in [0.3, 0.4) is 0 Å². The molecule has 3 aromatic rings. The summed E-state index contributed by atoms with van der Waals surface area (Å²) in [6.45, 7) is 1.84. The lowest BCUT2D eigenvalue weighted by molar-refractivity contribution is 0.102. The summed E-state index contributed by atoms with van der Waals surface area (Å²) in [5.41, 5.74) is 2.65. The minimum Gasteiger partial charge on any atom is -0.507 e. The Labute approximate surface area is 129 Å². The van der Waals surface area contributed by atoms with Crippen LogP contribution in [0.5, 0.6) is 5.75 Å². The molecule has 1 aromatic heterocycles. The Morgan fingerprint density at radius 1 is 1.29 bits per heavy atom. The van der Waals surface area contributed by atoms with Gasteiger partial charge in [-0.2, -0.15) is 8.75 Å². The van der Waals surface area contributed by atoms with Crippen LogP contribution in [-0.2, 0) is 0 Å². The standard InChI is InChI=1S/C14H10ClN3O2S/c1-7-2-5-11(19)8(6-7)14(20)16-12-9(15)3-4-10-13(12)18-21-17-10/h2-6,19H,1H3,(H,16,20). The van der Waals surface area contributed by atoms with E-state index in [0.717, 1.165) is 17.3 Å². The van der Waals surface area contributed by atoms with E-state index >= 15 is 0 Å². The summed E-state index contributed by atoms with van der Waals surface area (Å²) in [4.78, 5) is 12.3. The minimum atomic E-state index is -0.446. The second-order valence-corrected chi connectivity index (χ2v) is 5.46. The number of aromatic nitrogens is 2. The van der Waals surface area contributed by atoms with Crippen molar-refractivity contribution in [2.45, 2.75) is 6.92 Å². The summed E-state index contributed by atoms with van der Waals surface area (Å²) in [5.74, 6) is -0.531. The lowest BCUT2D eigenvalue weighted by atomic mass is 10.1. The van der Waals surface area contributed by atoms with Gasteiger partial charge >= 0.3 is 0 Å². The van der Waals surface area contributed by atoms with Crippen molar-refractivity contribution in [2.75, 3.05) is 5.32 Å². The van der Waals surface area contributed by atoms with Crippen LogP contribution < -0.4 is 5.32 Å². The number of phenols is 1. The predicted molar refractivity (Wildman–Crippen MR) is 83.2 cm³/mol. The normalized spacial score (nSPS) is 10.8. The van der Waals surface area contributed by atoms with Crippen molar-refractivity contribution in [2.24, 2.45) is 0 Å². The number of phenolic OH excluding ortho intramolecular Hbond substituents is 1. The van der Waals surface area contributed by atoms with Crippen LogP contribution in [0.1, 0.15) is 15.9 Å². The molecule has 2 aromatic carbocycles. The predicted octanol–water partition coefficient (Wildman–Crippen LogP) is 3.61. The Hall–Kier alpha value is -2.18. The molecule has 7 heteroatoms. The Kier molecular flexibility index (Phi) is 3.48. The summed E-state index contributed by atoms with van der Waals surface area (Å²) in [6, 6.07) is 8.21. The molecular weight excluding hydrogens is 310 g/mol. The molecular formula is C14H10ClN3O2S. The van der Waals surface area contributed by atoms with Gasteiger partial charge in [0.1, 0.15) is 16.8 Å². The first kappa shape index (κ1) is 13.8. The Morgan fingerprint density at radius 2 is 2.10 bits per heavy atom. The highest BCUT2D eigenvalue weighted by Gasteiger charge is 2.16. The number of hydrogen-bond acceptors (Lipinski definition) is 5. The molecule has 1 heterocycles. The number of aryl methyl sites for hydroxylation is 1. The van der Waals surface area contributed by atoms with Crippen molar-refractivity contribution in [1.29, 1.82) is 0 Å². The quantitative estimate of drug-likeness (QED) is 0.756. The van der Waals surface area contributed by atoms with Crippen molar-refractivity contribution >= 4 is 46.0 Å². The van der Waals surface area contributed by atoms with Crippen molar-refractivity contribution in [3.05, 3.63) is 46.5 Å². The fourth-order valence-electron chi connectivity index (χ4n) is 1.96. The van der Waals surface area contributed by atoms with E-state index in [1.165, 1.54) is 6.07 Å². The highest BCUT2D eigenvalue weighted by Crippen LogP contribution is 2.31. The molecule has 106 valence electrons. The number of aromatic hydroxyl groups is 1. The Morgan fingerprint density at radius 3 is 2.90 bits per heavy atom. The molecule has 0 spiro atoms. The number of halogens is 1. The van der Waals surface area contributed by atoms with Crippen LogP contribution in [0, 0.1) is 6.92 Å². The van der Waals surface area contributed by atoms with Gasteiger partial charge in [0.05, 0.1) is 28.0 Å². The zero-order valence-corrected chi connectivity index (χ0v) is 12.5. The third kappa shape index (κ3) is 2.55. The van der Waals surface area contributed by atoms with E-state index in [2.05, 4.69) is 14.1 Å². The lowest BCUT2D eigenvalue weighted by Crippen LogP contribution is -2.13. The monoisotopic (exact) mass is 319 g/mol. The van der Waals surface area contributed by atoms with Gasteiger partial charge in [0.15, 0.2) is 0 Å². The van der Waals surface area contributed by atoms with Gasteiger partial charge in [0, 0.05) is 0 Å². The van der Waals surface area contributed by atoms with E-state index in [4.69, 9.17) is 11.6 Å². The van der Waals surface area contributed by atoms with Crippen LogP contribution in [0.2, 0.25) is 5.02 Å². The summed E-state index contributed by atoms with van der Waals surface area (Å²) in [7, 11) is 0. The number of hydrogen-bond donors (Lipinski definition) is 2. The second-order valence-electron chi connectivity index (χ2n) is 4.53. The highest BCUT2D eigenvalue weighted by atomic mass is 35.5. The molecule has 5 nitrogen and oxygen atoms in total. The molecule has 0 saturated heterocycles. The summed E-state index contributed by atoms with van der Waals surface area (Å²) < 4.78 is 8.24. The number of nitrogens with zero attached hydrogens (tertiary/aromatic N) is 2. The van der Waals surface area contributed by atoms with E-state index in [0.29, 0.717) is 21.7 Å². The maximum Gasteiger partial charge on any atom is 0.259 e. The maximum absolute atomic E-state index is 12.3. The van der Waals surface area contributed by atoms with Crippen LogP contribution in [-0.4, -0.2) is 19.8 Å². The number of benzene rings is 2.